The largest absolute Gasteiger partial charge is 0.337 e. The predicted octanol–water partition coefficient (Wildman–Crippen LogP) is 6.50. The van der Waals surface area contributed by atoms with Gasteiger partial charge in [-0.25, -0.2) is 4.98 Å². The van der Waals surface area contributed by atoms with Crippen LogP contribution in [0.5, 0.6) is 0 Å². The number of pyridine rings is 1. The fourth-order valence-electron chi connectivity index (χ4n) is 3.43. The highest BCUT2D eigenvalue weighted by atomic mass is 35.5. The van der Waals surface area contributed by atoms with Gasteiger partial charge in [0.1, 0.15) is 5.82 Å². The number of halogens is 1. The van der Waals surface area contributed by atoms with Crippen molar-refractivity contribution in [3.63, 3.8) is 0 Å². The van der Waals surface area contributed by atoms with E-state index in [1.54, 1.807) is 12.4 Å². The number of hydrogen-bond acceptors (Lipinski definition) is 2. The van der Waals surface area contributed by atoms with Gasteiger partial charge in [0.2, 0.25) is 0 Å². The number of hydrogen-bond donors (Lipinski definition) is 1. The van der Waals surface area contributed by atoms with Crippen molar-refractivity contribution in [2.24, 2.45) is 0 Å². The molecule has 0 amide bonds. The molecule has 2 aromatic carbocycles. The molecule has 4 heteroatoms. The third kappa shape index (κ3) is 3.49. The van der Waals surface area contributed by atoms with Crippen LogP contribution in [0.1, 0.15) is 11.1 Å². The third-order valence-corrected chi connectivity index (χ3v) is 5.00. The summed E-state index contributed by atoms with van der Waals surface area (Å²) in [5.41, 5.74) is 7.41. The van der Waals surface area contributed by atoms with Gasteiger partial charge in [0, 0.05) is 34.1 Å². The van der Waals surface area contributed by atoms with Crippen molar-refractivity contribution >= 4 is 11.6 Å². The molecule has 2 heterocycles. The first-order valence-electron chi connectivity index (χ1n) is 9.13. The fourth-order valence-corrected chi connectivity index (χ4v) is 3.55. The van der Waals surface area contributed by atoms with E-state index in [9.17, 15) is 0 Å². The normalized spacial score (nSPS) is 10.8. The average Bonchev–Trinajstić information content (AvgIpc) is 3.14. The van der Waals surface area contributed by atoms with E-state index in [-0.39, 0.29) is 0 Å². The minimum atomic E-state index is 0.706. The van der Waals surface area contributed by atoms with Crippen molar-refractivity contribution in [3.8, 4) is 33.9 Å². The molecule has 0 radical (unpaired) electrons. The Morgan fingerprint density at radius 1 is 1.00 bits per heavy atom. The van der Waals surface area contributed by atoms with Gasteiger partial charge in [-0.3, -0.25) is 4.98 Å². The van der Waals surface area contributed by atoms with Crippen LogP contribution in [0.25, 0.3) is 33.9 Å². The Balaban J connectivity index is 1.94. The lowest BCUT2D eigenvalue weighted by Gasteiger charge is -2.09. The number of imidazole rings is 1. The van der Waals surface area contributed by atoms with Crippen LogP contribution < -0.4 is 0 Å². The van der Waals surface area contributed by atoms with Gasteiger partial charge in [0.15, 0.2) is 0 Å². The number of allylic oxidation sites excluding steroid dienone is 1. The lowest BCUT2D eigenvalue weighted by molar-refractivity contribution is 1.21. The lowest BCUT2D eigenvalue weighted by Crippen LogP contribution is -1.93. The third-order valence-electron chi connectivity index (χ3n) is 4.75. The Morgan fingerprint density at radius 3 is 2.46 bits per heavy atom. The molecule has 138 valence electrons. The molecule has 0 aliphatic rings. The molecule has 3 nitrogen and oxygen atoms in total. The highest BCUT2D eigenvalue weighted by molar-refractivity contribution is 6.30. The molecule has 0 aliphatic heterocycles. The van der Waals surface area contributed by atoms with E-state index in [0.29, 0.717) is 5.02 Å². The van der Waals surface area contributed by atoms with Crippen molar-refractivity contribution < 1.29 is 0 Å². The maximum absolute atomic E-state index is 6.09. The molecule has 0 atom stereocenters. The standard InChI is InChI=1S/C24H20ClN3/c1-3-5-17-7-4-6-16(2)21(17)24-27-22(18-8-10-20(25)11-9-18)23(28-24)19-12-14-26-15-13-19/h3-4,6-15H,1,5H2,2H3,(H,27,28). The average molecular weight is 386 g/mol. The number of benzene rings is 2. The fraction of sp³-hybridized carbons (Fsp3) is 0.0833. The van der Waals surface area contributed by atoms with Crippen LogP contribution in [0.15, 0.2) is 79.6 Å². The minimum Gasteiger partial charge on any atom is -0.337 e. The van der Waals surface area contributed by atoms with Gasteiger partial charge in [-0.15, -0.1) is 6.58 Å². The Labute approximate surface area is 169 Å². The number of nitrogens with zero attached hydrogens (tertiary/aromatic N) is 2. The predicted molar refractivity (Wildman–Crippen MR) is 116 cm³/mol. The second kappa shape index (κ2) is 7.83. The monoisotopic (exact) mass is 385 g/mol. The highest BCUT2D eigenvalue weighted by Crippen LogP contribution is 2.35. The maximum Gasteiger partial charge on any atom is 0.139 e. The van der Waals surface area contributed by atoms with Crippen LogP contribution in [0.4, 0.5) is 0 Å². The summed E-state index contributed by atoms with van der Waals surface area (Å²) in [7, 11) is 0. The topological polar surface area (TPSA) is 41.6 Å². The van der Waals surface area contributed by atoms with Crippen molar-refractivity contribution in [2.45, 2.75) is 13.3 Å². The van der Waals surface area contributed by atoms with Crippen molar-refractivity contribution in [2.75, 3.05) is 0 Å². The Kier molecular flexibility index (Phi) is 5.09. The van der Waals surface area contributed by atoms with Gasteiger partial charge in [0.05, 0.1) is 11.4 Å². The molecule has 0 fully saturated rings. The molecule has 0 saturated heterocycles. The molecule has 0 aliphatic carbocycles. The summed E-state index contributed by atoms with van der Waals surface area (Å²) < 4.78 is 0. The molecule has 0 saturated carbocycles. The first-order valence-corrected chi connectivity index (χ1v) is 9.51. The summed E-state index contributed by atoms with van der Waals surface area (Å²) in [6, 6.07) is 18.0. The summed E-state index contributed by atoms with van der Waals surface area (Å²) in [6.07, 6.45) is 6.29. The first kappa shape index (κ1) is 18.2. The van der Waals surface area contributed by atoms with E-state index < -0.39 is 0 Å². The van der Waals surface area contributed by atoms with Crippen molar-refractivity contribution in [1.29, 1.82) is 0 Å². The maximum atomic E-state index is 6.09. The van der Waals surface area contributed by atoms with Crippen LogP contribution in [0.2, 0.25) is 5.02 Å². The van der Waals surface area contributed by atoms with Crippen molar-refractivity contribution in [1.82, 2.24) is 15.0 Å². The lowest BCUT2D eigenvalue weighted by atomic mass is 9.99. The zero-order valence-electron chi connectivity index (χ0n) is 15.6. The molecule has 4 rings (SSSR count). The molecular formula is C24H20ClN3. The smallest absolute Gasteiger partial charge is 0.139 e. The second-order valence-electron chi connectivity index (χ2n) is 6.65. The number of aromatic amines is 1. The molecular weight excluding hydrogens is 366 g/mol. The van der Waals surface area contributed by atoms with E-state index in [0.717, 1.165) is 40.3 Å². The van der Waals surface area contributed by atoms with Crippen LogP contribution >= 0.6 is 11.6 Å². The number of aryl methyl sites for hydroxylation is 1. The molecule has 0 unspecified atom stereocenters. The zero-order chi connectivity index (χ0) is 19.5. The van der Waals surface area contributed by atoms with Gasteiger partial charge < -0.3 is 4.98 Å². The van der Waals surface area contributed by atoms with Gasteiger partial charge in [-0.2, -0.15) is 0 Å². The van der Waals surface area contributed by atoms with Crippen LogP contribution in [0, 0.1) is 6.92 Å². The summed E-state index contributed by atoms with van der Waals surface area (Å²) in [5.74, 6) is 0.853. The first-order chi connectivity index (χ1) is 13.7. The zero-order valence-corrected chi connectivity index (χ0v) is 16.4. The highest BCUT2D eigenvalue weighted by Gasteiger charge is 2.18. The van der Waals surface area contributed by atoms with Crippen LogP contribution in [0.3, 0.4) is 0 Å². The van der Waals surface area contributed by atoms with E-state index in [1.165, 1.54) is 11.1 Å². The SMILES string of the molecule is C=CCc1cccc(C)c1-c1nc(-c2ccc(Cl)cc2)c(-c2ccncc2)[nH]1. The summed E-state index contributed by atoms with van der Waals surface area (Å²) >= 11 is 6.09. The van der Waals surface area contributed by atoms with Gasteiger partial charge in [-0.1, -0.05) is 48.0 Å². The summed E-state index contributed by atoms with van der Waals surface area (Å²) in [6.45, 7) is 6.01. The Morgan fingerprint density at radius 2 is 1.75 bits per heavy atom. The second-order valence-corrected chi connectivity index (χ2v) is 7.09. The molecule has 0 spiro atoms. The number of H-pyrrole nitrogens is 1. The van der Waals surface area contributed by atoms with E-state index >= 15 is 0 Å². The number of rotatable bonds is 5. The van der Waals surface area contributed by atoms with Gasteiger partial charge >= 0.3 is 0 Å². The minimum absolute atomic E-state index is 0.706. The number of aromatic nitrogens is 3. The molecule has 2 aromatic heterocycles. The van der Waals surface area contributed by atoms with Crippen LogP contribution in [-0.4, -0.2) is 15.0 Å². The van der Waals surface area contributed by atoms with E-state index in [4.69, 9.17) is 16.6 Å². The molecule has 4 aromatic rings. The van der Waals surface area contributed by atoms with Crippen molar-refractivity contribution in [3.05, 3.63) is 95.8 Å². The van der Waals surface area contributed by atoms with Gasteiger partial charge in [-0.05, 0) is 48.7 Å². The van der Waals surface area contributed by atoms with Gasteiger partial charge in [0.25, 0.3) is 0 Å². The quantitative estimate of drug-likeness (QED) is 0.398. The summed E-state index contributed by atoms with van der Waals surface area (Å²) in [5, 5.41) is 0.706. The number of nitrogens with one attached hydrogen (secondary N) is 1. The Bertz CT molecular complexity index is 1110. The molecule has 0 bridgehead atoms. The molecule has 1 N–H and O–H groups in total. The summed E-state index contributed by atoms with van der Waals surface area (Å²) in [4.78, 5) is 12.7. The van der Waals surface area contributed by atoms with E-state index in [2.05, 4.69) is 41.7 Å². The van der Waals surface area contributed by atoms with Crippen LogP contribution in [-0.2, 0) is 6.42 Å². The molecule has 28 heavy (non-hydrogen) atoms. The Hall–Kier alpha value is -3.17. The van der Waals surface area contributed by atoms with E-state index in [1.807, 2.05) is 42.5 Å².